The minimum Gasteiger partial charge on any atom is -0.425 e. The van der Waals surface area contributed by atoms with Crippen LogP contribution in [0.2, 0.25) is 0 Å². The number of hydrogen-bond donors (Lipinski definition) is 0. The molecule has 1 saturated heterocycles. The van der Waals surface area contributed by atoms with Crippen LogP contribution in [0.4, 0.5) is 0 Å². The smallest absolute Gasteiger partial charge is 0.316 e. The van der Waals surface area contributed by atoms with E-state index in [-0.39, 0.29) is 16.4 Å². The van der Waals surface area contributed by atoms with Crippen molar-refractivity contribution < 1.29 is 22.7 Å². The van der Waals surface area contributed by atoms with Gasteiger partial charge in [-0.3, -0.25) is 9.59 Å². The number of fused-ring (bicyclic) bond motifs is 1. The number of piperidine rings is 1. The second-order valence-corrected chi connectivity index (χ2v) is 8.72. The minimum atomic E-state index is -3.71. The Morgan fingerprint density at radius 1 is 1.10 bits per heavy atom. The third-order valence-electron chi connectivity index (χ3n) is 5.14. The fraction of sp³-hybridized carbons (Fsp3) is 0.286. The Labute approximate surface area is 169 Å². The first-order chi connectivity index (χ1) is 13.9. The van der Waals surface area contributed by atoms with Gasteiger partial charge in [-0.05, 0) is 44.0 Å². The molecule has 8 heteroatoms. The lowest BCUT2D eigenvalue weighted by atomic mass is 9.97. The first-order valence-electron chi connectivity index (χ1n) is 9.38. The summed E-state index contributed by atoms with van der Waals surface area (Å²) < 4.78 is 34.1. The highest BCUT2D eigenvalue weighted by molar-refractivity contribution is 7.90. The Bertz CT molecular complexity index is 1120. The van der Waals surface area contributed by atoms with Crippen molar-refractivity contribution in [2.24, 2.45) is 10.3 Å². The minimum absolute atomic E-state index is 0.180. The van der Waals surface area contributed by atoms with Crippen molar-refractivity contribution in [1.82, 2.24) is 4.90 Å². The van der Waals surface area contributed by atoms with Gasteiger partial charge in [0.2, 0.25) is 0 Å². The maximum Gasteiger partial charge on any atom is 0.316 e. The van der Waals surface area contributed by atoms with Crippen molar-refractivity contribution in [3.63, 3.8) is 0 Å². The van der Waals surface area contributed by atoms with Crippen LogP contribution in [0.5, 0.6) is 5.75 Å². The molecular formula is C21H20N2O5S. The zero-order valence-corrected chi connectivity index (χ0v) is 16.7. The molecular weight excluding hydrogens is 392 g/mol. The molecule has 0 spiro atoms. The summed E-state index contributed by atoms with van der Waals surface area (Å²) in [6.07, 6.45) is 1.33. The van der Waals surface area contributed by atoms with E-state index in [1.54, 1.807) is 42.5 Å². The molecule has 0 aliphatic carbocycles. The van der Waals surface area contributed by atoms with E-state index in [0.29, 0.717) is 42.9 Å². The van der Waals surface area contributed by atoms with Crippen molar-refractivity contribution in [1.29, 1.82) is 0 Å². The molecule has 0 amide bonds. The summed E-state index contributed by atoms with van der Waals surface area (Å²) in [4.78, 5) is 26.5. The summed E-state index contributed by atoms with van der Waals surface area (Å²) in [6, 6.07) is 13.3. The maximum atomic E-state index is 12.8. The molecule has 0 aromatic heterocycles. The summed E-state index contributed by atoms with van der Waals surface area (Å²) >= 11 is 0. The zero-order chi connectivity index (χ0) is 20.6. The van der Waals surface area contributed by atoms with Gasteiger partial charge in [-0.15, -0.1) is 4.40 Å². The van der Waals surface area contributed by atoms with Crippen molar-refractivity contribution in [3.8, 4) is 5.75 Å². The highest BCUT2D eigenvalue weighted by atomic mass is 32.2. The van der Waals surface area contributed by atoms with Crippen molar-refractivity contribution >= 4 is 27.6 Å². The molecule has 29 heavy (non-hydrogen) atoms. The summed E-state index contributed by atoms with van der Waals surface area (Å²) in [5.74, 6) is -0.434. The van der Waals surface area contributed by atoms with Gasteiger partial charge in [0.25, 0.3) is 10.0 Å². The van der Waals surface area contributed by atoms with Gasteiger partial charge in [-0.1, -0.05) is 24.3 Å². The van der Waals surface area contributed by atoms with Gasteiger partial charge >= 0.3 is 5.97 Å². The molecule has 0 bridgehead atoms. The van der Waals surface area contributed by atoms with Crippen LogP contribution >= 0.6 is 0 Å². The molecule has 0 unspecified atom stereocenters. The number of esters is 1. The first kappa shape index (κ1) is 19.3. The number of carbonyl (C=O) groups excluding carboxylic acids is 2. The van der Waals surface area contributed by atoms with Crippen molar-refractivity contribution in [2.75, 3.05) is 13.1 Å². The lowest BCUT2D eigenvalue weighted by Crippen LogP contribution is -2.43. The van der Waals surface area contributed by atoms with Crippen LogP contribution in [0.1, 0.15) is 35.7 Å². The van der Waals surface area contributed by atoms with Crippen LogP contribution in [0.15, 0.2) is 57.8 Å². The first-order valence-corrected chi connectivity index (χ1v) is 10.8. The Hall–Kier alpha value is -3.00. The summed E-state index contributed by atoms with van der Waals surface area (Å²) in [7, 11) is -3.71. The quantitative estimate of drug-likeness (QED) is 0.437. The molecule has 150 valence electrons. The highest BCUT2D eigenvalue weighted by Gasteiger charge is 2.35. The summed E-state index contributed by atoms with van der Waals surface area (Å²) in [6.45, 7) is 2.34. The van der Waals surface area contributed by atoms with Gasteiger partial charge in [0.15, 0.2) is 11.6 Å². The molecule has 1 atom stereocenters. The summed E-state index contributed by atoms with van der Waals surface area (Å²) in [5.41, 5.74) is 0.914. The number of carbonyl (C=O) groups is 2. The average Bonchev–Trinajstić information content (AvgIpc) is 3.00. The van der Waals surface area contributed by atoms with Gasteiger partial charge in [0.05, 0.1) is 11.5 Å². The van der Waals surface area contributed by atoms with E-state index >= 15 is 0 Å². The number of ether oxygens (including phenoxy) is 1. The average molecular weight is 412 g/mol. The molecule has 0 radical (unpaired) electrons. The van der Waals surface area contributed by atoms with Crippen LogP contribution in [-0.2, 0) is 14.8 Å². The van der Waals surface area contributed by atoms with Crippen molar-refractivity contribution in [2.45, 2.75) is 24.7 Å². The highest BCUT2D eigenvalue weighted by Crippen LogP contribution is 2.30. The Morgan fingerprint density at radius 2 is 1.83 bits per heavy atom. The summed E-state index contributed by atoms with van der Waals surface area (Å²) in [5, 5.41) is 0. The van der Waals surface area contributed by atoms with Crippen LogP contribution in [0.3, 0.4) is 0 Å². The van der Waals surface area contributed by atoms with Crippen LogP contribution in [-0.4, -0.2) is 44.0 Å². The SMILES string of the molecule is CC(=O)c1ccccc1OC(=O)[C@H]1CCCN(C2=NS(=O)(=O)c3ccccc32)C1. The van der Waals surface area contributed by atoms with Gasteiger partial charge in [0, 0.05) is 18.7 Å². The van der Waals surface area contributed by atoms with Gasteiger partial charge < -0.3 is 9.64 Å². The molecule has 2 aromatic carbocycles. The Kier molecular flexibility index (Phi) is 4.96. The number of hydrogen-bond acceptors (Lipinski definition) is 6. The molecule has 1 fully saturated rings. The molecule has 2 aliphatic rings. The number of Topliss-reactive ketones (excluding diaryl/α,β-unsaturated/α-hetero) is 1. The second kappa shape index (κ2) is 7.44. The normalized spacial score (nSPS) is 20.0. The zero-order valence-electron chi connectivity index (χ0n) is 15.9. The van der Waals surface area contributed by atoms with Crippen LogP contribution in [0, 0.1) is 5.92 Å². The molecule has 2 heterocycles. The van der Waals surface area contributed by atoms with E-state index in [1.807, 2.05) is 4.90 Å². The van der Waals surface area contributed by atoms with Gasteiger partial charge in [-0.2, -0.15) is 8.42 Å². The lowest BCUT2D eigenvalue weighted by molar-refractivity contribution is -0.140. The number of sulfonamides is 1. The molecule has 4 rings (SSSR count). The fourth-order valence-electron chi connectivity index (χ4n) is 3.72. The van der Waals surface area contributed by atoms with Crippen molar-refractivity contribution in [3.05, 3.63) is 59.7 Å². The third kappa shape index (κ3) is 3.67. The maximum absolute atomic E-state index is 12.8. The van der Waals surface area contributed by atoms with Gasteiger partial charge in [-0.25, -0.2) is 0 Å². The third-order valence-corrected chi connectivity index (χ3v) is 6.47. The predicted octanol–water partition coefficient (Wildman–Crippen LogP) is 2.66. The van der Waals surface area contributed by atoms with E-state index in [9.17, 15) is 18.0 Å². The number of para-hydroxylation sites is 1. The predicted molar refractivity (Wildman–Crippen MR) is 107 cm³/mol. The van der Waals surface area contributed by atoms with E-state index < -0.39 is 21.9 Å². The van der Waals surface area contributed by atoms with E-state index in [0.717, 1.165) is 0 Å². The van der Waals surface area contributed by atoms with E-state index in [1.165, 1.54) is 13.0 Å². The molecule has 0 saturated carbocycles. The number of amidine groups is 1. The van der Waals surface area contributed by atoms with E-state index in [2.05, 4.69) is 4.40 Å². The number of ketones is 1. The number of likely N-dealkylation sites (tertiary alicyclic amines) is 1. The van der Waals surface area contributed by atoms with Crippen LogP contribution < -0.4 is 4.74 Å². The topological polar surface area (TPSA) is 93.1 Å². The fourth-order valence-corrected chi connectivity index (χ4v) is 4.94. The lowest BCUT2D eigenvalue weighted by Gasteiger charge is -2.32. The molecule has 0 N–H and O–H groups in total. The molecule has 7 nitrogen and oxygen atoms in total. The monoisotopic (exact) mass is 412 g/mol. The number of benzene rings is 2. The second-order valence-electron chi connectivity index (χ2n) is 7.14. The number of rotatable bonds is 3. The number of nitrogens with zero attached hydrogens (tertiary/aromatic N) is 2. The standard InChI is InChI=1S/C21H20N2O5S/c1-14(24)16-8-2-4-10-18(16)28-21(25)15-7-6-12-23(13-15)20-17-9-3-5-11-19(17)29(26,27)22-20/h2-5,8-11,15H,6-7,12-13H2,1H3/t15-/m0/s1. The molecule has 2 aromatic rings. The molecule has 2 aliphatic heterocycles. The Morgan fingerprint density at radius 3 is 2.62 bits per heavy atom. The van der Waals surface area contributed by atoms with E-state index in [4.69, 9.17) is 4.74 Å². The van der Waals surface area contributed by atoms with Crippen LogP contribution in [0.25, 0.3) is 0 Å². The van der Waals surface area contributed by atoms with Gasteiger partial charge in [0.1, 0.15) is 10.6 Å². The largest absolute Gasteiger partial charge is 0.425 e. The Balaban J connectivity index is 1.54.